The van der Waals surface area contributed by atoms with E-state index in [0.29, 0.717) is 30.3 Å². The molecule has 0 unspecified atom stereocenters. The van der Waals surface area contributed by atoms with E-state index in [-0.39, 0.29) is 6.09 Å². The predicted molar refractivity (Wildman–Crippen MR) is 99.4 cm³/mol. The van der Waals surface area contributed by atoms with Crippen LogP contribution in [-0.4, -0.2) is 35.0 Å². The van der Waals surface area contributed by atoms with Crippen molar-refractivity contribution in [3.05, 3.63) is 46.3 Å². The molecule has 2 heterocycles. The first-order chi connectivity index (χ1) is 11.9. The minimum Gasteiger partial charge on any atom is -0.416 e. The Bertz CT molecular complexity index is 851. The number of fused-ring (bicyclic) bond motifs is 1. The van der Waals surface area contributed by atoms with E-state index in [1.165, 1.54) is 0 Å². The van der Waals surface area contributed by atoms with Gasteiger partial charge in [-0.25, -0.2) is 4.79 Å². The molecule has 1 aliphatic rings. The molecule has 0 radical (unpaired) electrons. The molecule has 0 bridgehead atoms. The number of amides is 2. The Morgan fingerprint density at radius 1 is 1.36 bits per heavy atom. The lowest BCUT2D eigenvalue weighted by atomic mass is 9.89. The summed E-state index contributed by atoms with van der Waals surface area (Å²) in [7, 11) is 0. The van der Waals surface area contributed by atoms with E-state index < -0.39 is 5.91 Å². The highest BCUT2D eigenvalue weighted by molar-refractivity contribution is 9.10. The lowest BCUT2D eigenvalue weighted by molar-refractivity contribution is 0.100. The van der Waals surface area contributed by atoms with Crippen molar-refractivity contribution in [3.8, 4) is 0 Å². The maximum absolute atomic E-state index is 12.0. The van der Waals surface area contributed by atoms with Gasteiger partial charge in [-0.3, -0.25) is 4.79 Å². The zero-order valence-electron chi connectivity index (χ0n) is 14.0. The molecule has 25 heavy (non-hydrogen) atoms. The second-order valence-electron chi connectivity index (χ2n) is 6.32. The maximum atomic E-state index is 12.0. The first-order valence-corrected chi connectivity index (χ1v) is 8.88. The van der Waals surface area contributed by atoms with Crippen LogP contribution in [0.15, 0.2) is 35.1 Å². The number of ether oxygens (including phenoxy) is 1. The molecule has 0 aliphatic carbocycles. The van der Waals surface area contributed by atoms with E-state index >= 15 is 0 Å². The van der Waals surface area contributed by atoms with Gasteiger partial charge in [0.1, 0.15) is 0 Å². The molecule has 2 amide bonds. The van der Waals surface area contributed by atoms with Crippen LogP contribution < -0.4 is 5.73 Å². The fourth-order valence-electron chi connectivity index (χ4n) is 3.34. The summed E-state index contributed by atoms with van der Waals surface area (Å²) in [6, 6.07) is 3.72. The quantitative estimate of drug-likeness (QED) is 0.759. The Balaban J connectivity index is 1.81. The van der Waals surface area contributed by atoms with Crippen LogP contribution in [-0.2, 0) is 4.74 Å². The molecule has 1 aliphatic heterocycles. The van der Waals surface area contributed by atoms with E-state index in [9.17, 15) is 9.59 Å². The second-order valence-corrected chi connectivity index (χ2v) is 7.23. The summed E-state index contributed by atoms with van der Waals surface area (Å²) in [6.07, 6.45) is 3.26. The van der Waals surface area contributed by atoms with Gasteiger partial charge in [0.25, 0.3) is 5.91 Å². The van der Waals surface area contributed by atoms with E-state index in [1.54, 1.807) is 17.9 Å². The molecular formula is C18H20BrN3O3. The van der Waals surface area contributed by atoms with E-state index in [4.69, 9.17) is 10.5 Å². The SMILES string of the molecule is C=C(C)OC(=O)N1CCC(c2c[nH]c3c(C(N)=O)cc(Br)cc23)CC1. The summed E-state index contributed by atoms with van der Waals surface area (Å²) in [5, 5.41) is 0.992. The Morgan fingerprint density at radius 2 is 2.04 bits per heavy atom. The van der Waals surface area contributed by atoms with Crippen LogP contribution in [0.1, 0.15) is 41.6 Å². The molecule has 2 aromatic rings. The van der Waals surface area contributed by atoms with E-state index in [1.807, 2.05) is 12.3 Å². The minimum atomic E-state index is -0.461. The van der Waals surface area contributed by atoms with Crippen LogP contribution in [0.5, 0.6) is 0 Å². The zero-order chi connectivity index (χ0) is 18.1. The van der Waals surface area contributed by atoms with Gasteiger partial charge in [-0.05, 0) is 43.4 Å². The monoisotopic (exact) mass is 405 g/mol. The zero-order valence-corrected chi connectivity index (χ0v) is 15.6. The number of piperidine rings is 1. The van der Waals surface area contributed by atoms with Gasteiger partial charge in [0, 0.05) is 29.1 Å². The number of aromatic nitrogens is 1. The summed E-state index contributed by atoms with van der Waals surface area (Å²) in [6.45, 7) is 6.50. The Kier molecular flexibility index (Phi) is 4.85. The number of likely N-dealkylation sites (tertiary alicyclic amines) is 1. The molecule has 0 spiro atoms. The first-order valence-electron chi connectivity index (χ1n) is 8.09. The van der Waals surface area contributed by atoms with Crippen LogP contribution in [0, 0.1) is 0 Å². The molecule has 7 heteroatoms. The highest BCUT2D eigenvalue weighted by Gasteiger charge is 2.27. The van der Waals surface area contributed by atoms with Crippen molar-refractivity contribution in [2.45, 2.75) is 25.7 Å². The van der Waals surface area contributed by atoms with Crippen LogP contribution >= 0.6 is 15.9 Å². The average molecular weight is 406 g/mol. The average Bonchev–Trinajstić information content (AvgIpc) is 2.97. The number of hydrogen-bond donors (Lipinski definition) is 2. The Labute approximate surface area is 154 Å². The molecule has 6 nitrogen and oxygen atoms in total. The van der Waals surface area contributed by atoms with Crippen molar-refractivity contribution >= 4 is 38.8 Å². The molecule has 1 aromatic heterocycles. The predicted octanol–water partition coefficient (Wildman–Crippen LogP) is 3.88. The Hall–Kier alpha value is -2.28. The largest absolute Gasteiger partial charge is 0.416 e. The molecule has 0 atom stereocenters. The van der Waals surface area contributed by atoms with Gasteiger partial charge in [0.05, 0.1) is 16.8 Å². The fourth-order valence-corrected chi connectivity index (χ4v) is 3.79. The number of hydrogen-bond acceptors (Lipinski definition) is 3. The summed E-state index contributed by atoms with van der Waals surface area (Å²) in [5.41, 5.74) is 7.86. The van der Waals surface area contributed by atoms with Crippen LogP contribution in [0.2, 0.25) is 0 Å². The minimum absolute atomic E-state index is 0.303. The standard InChI is InChI=1S/C18H20BrN3O3/c1-10(2)25-18(24)22-5-3-11(4-6-22)15-9-21-16-13(15)7-12(19)8-14(16)17(20)23/h7-9,11,21H,1,3-6H2,2H3,(H2,20,23). The topological polar surface area (TPSA) is 88.4 Å². The lowest BCUT2D eigenvalue weighted by Gasteiger charge is -2.31. The molecular weight excluding hydrogens is 386 g/mol. The molecule has 132 valence electrons. The van der Waals surface area contributed by atoms with Gasteiger partial charge in [0.15, 0.2) is 0 Å². The van der Waals surface area contributed by atoms with Gasteiger partial charge < -0.3 is 20.4 Å². The van der Waals surface area contributed by atoms with Crippen molar-refractivity contribution in [3.63, 3.8) is 0 Å². The number of nitrogens with two attached hydrogens (primary N) is 1. The summed E-state index contributed by atoms with van der Waals surface area (Å²) < 4.78 is 5.89. The molecule has 1 saturated heterocycles. The number of nitrogens with one attached hydrogen (secondary N) is 1. The molecule has 1 aromatic carbocycles. The second kappa shape index (κ2) is 6.92. The first kappa shape index (κ1) is 17.5. The number of primary amides is 1. The summed E-state index contributed by atoms with van der Waals surface area (Å²) in [4.78, 5) is 28.5. The number of benzene rings is 1. The van der Waals surface area contributed by atoms with E-state index in [2.05, 4.69) is 27.5 Å². The number of halogens is 1. The highest BCUT2D eigenvalue weighted by atomic mass is 79.9. The summed E-state index contributed by atoms with van der Waals surface area (Å²) >= 11 is 3.45. The maximum Gasteiger partial charge on any atom is 0.414 e. The highest BCUT2D eigenvalue weighted by Crippen LogP contribution is 2.35. The van der Waals surface area contributed by atoms with Crippen LogP contribution in [0.3, 0.4) is 0 Å². The molecule has 3 N–H and O–H groups in total. The van der Waals surface area contributed by atoms with Gasteiger partial charge in [-0.2, -0.15) is 0 Å². The van der Waals surface area contributed by atoms with Crippen molar-refractivity contribution in [1.29, 1.82) is 0 Å². The number of rotatable bonds is 3. The van der Waals surface area contributed by atoms with Crippen molar-refractivity contribution in [2.75, 3.05) is 13.1 Å². The smallest absolute Gasteiger partial charge is 0.414 e. The van der Waals surface area contributed by atoms with Gasteiger partial charge in [-0.15, -0.1) is 0 Å². The molecule has 0 saturated carbocycles. The van der Waals surface area contributed by atoms with Gasteiger partial charge >= 0.3 is 6.09 Å². The third-order valence-electron chi connectivity index (χ3n) is 4.51. The molecule has 3 rings (SSSR count). The third kappa shape index (κ3) is 3.56. The number of nitrogens with zero attached hydrogens (tertiary/aromatic N) is 1. The number of carbonyl (C=O) groups excluding carboxylic acids is 2. The Morgan fingerprint density at radius 3 is 2.64 bits per heavy atom. The van der Waals surface area contributed by atoms with Gasteiger partial charge in [0.2, 0.25) is 0 Å². The van der Waals surface area contributed by atoms with Crippen molar-refractivity contribution in [1.82, 2.24) is 9.88 Å². The van der Waals surface area contributed by atoms with Crippen molar-refractivity contribution in [2.24, 2.45) is 5.73 Å². The number of H-pyrrole nitrogens is 1. The third-order valence-corrected chi connectivity index (χ3v) is 4.96. The number of aromatic amines is 1. The number of carbonyl (C=O) groups is 2. The van der Waals surface area contributed by atoms with Crippen LogP contribution in [0.25, 0.3) is 10.9 Å². The normalized spacial score (nSPS) is 15.4. The molecule has 1 fully saturated rings. The number of allylic oxidation sites excluding steroid dienone is 1. The van der Waals surface area contributed by atoms with Crippen LogP contribution in [0.4, 0.5) is 4.79 Å². The fraction of sp³-hybridized carbons (Fsp3) is 0.333. The van der Waals surface area contributed by atoms with Gasteiger partial charge in [-0.1, -0.05) is 22.5 Å². The lowest BCUT2D eigenvalue weighted by Crippen LogP contribution is -2.38. The van der Waals surface area contributed by atoms with Crippen molar-refractivity contribution < 1.29 is 14.3 Å². The summed E-state index contributed by atoms with van der Waals surface area (Å²) in [5.74, 6) is 0.238. The van der Waals surface area contributed by atoms with E-state index in [0.717, 1.165) is 33.8 Å².